The van der Waals surface area contributed by atoms with Gasteiger partial charge in [0.2, 0.25) is 0 Å². The molecule has 1 rings (SSSR count). The molecule has 4 heteroatoms. The molecule has 0 heterocycles. The van der Waals surface area contributed by atoms with Gasteiger partial charge >= 0.3 is 5.97 Å². The van der Waals surface area contributed by atoms with Crippen LogP contribution in [0.3, 0.4) is 0 Å². The van der Waals surface area contributed by atoms with Gasteiger partial charge < -0.3 is 10.5 Å². The van der Waals surface area contributed by atoms with Crippen LogP contribution in [-0.2, 0) is 4.74 Å². The van der Waals surface area contributed by atoms with Crippen molar-refractivity contribution in [3.8, 4) is 11.8 Å². The molecule has 1 aromatic rings. The molecule has 2 N–H and O–H groups in total. The lowest BCUT2D eigenvalue weighted by molar-refractivity contribution is 0.0527. The van der Waals surface area contributed by atoms with Gasteiger partial charge in [0.25, 0.3) is 0 Å². The Kier molecular flexibility index (Phi) is 4.87. The third kappa shape index (κ3) is 3.28. The maximum atomic E-state index is 11.5. The summed E-state index contributed by atoms with van der Waals surface area (Å²) >= 11 is 3.20. The number of benzene rings is 1. The summed E-state index contributed by atoms with van der Waals surface area (Å²) in [5.41, 5.74) is 7.21. The number of carbonyl (C=O) groups is 1. The minimum absolute atomic E-state index is 0.329. The first kappa shape index (κ1) is 12.6. The lowest BCUT2D eigenvalue weighted by atomic mass is 10.1. The van der Waals surface area contributed by atoms with Crippen LogP contribution in [0.25, 0.3) is 0 Å². The van der Waals surface area contributed by atoms with Gasteiger partial charge in [-0.2, -0.15) is 0 Å². The molecule has 0 saturated carbocycles. The SMILES string of the molecule is CCOC(=O)c1cc(C#CCBr)ccc1N. The van der Waals surface area contributed by atoms with Gasteiger partial charge in [-0.1, -0.05) is 27.8 Å². The Bertz CT molecular complexity index is 446. The lowest BCUT2D eigenvalue weighted by Gasteiger charge is -2.05. The van der Waals surface area contributed by atoms with Gasteiger partial charge in [0, 0.05) is 11.3 Å². The van der Waals surface area contributed by atoms with Crippen molar-refractivity contribution in [1.82, 2.24) is 0 Å². The van der Waals surface area contributed by atoms with Crippen molar-refractivity contribution in [2.45, 2.75) is 6.92 Å². The van der Waals surface area contributed by atoms with Crippen molar-refractivity contribution >= 4 is 27.6 Å². The molecule has 16 heavy (non-hydrogen) atoms. The van der Waals surface area contributed by atoms with Crippen LogP contribution in [0.15, 0.2) is 18.2 Å². The van der Waals surface area contributed by atoms with Crippen molar-refractivity contribution in [2.75, 3.05) is 17.7 Å². The molecule has 0 bridgehead atoms. The Balaban J connectivity index is 3.03. The fraction of sp³-hybridized carbons (Fsp3) is 0.250. The fourth-order valence-electron chi connectivity index (χ4n) is 1.16. The van der Waals surface area contributed by atoms with Gasteiger partial charge in [0.15, 0.2) is 0 Å². The molecule has 0 fully saturated rings. The van der Waals surface area contributed by atoms with Gasteiger partial charge in [-0.3, -0.25) is 0 Å². The first-order valence-electron chi connectivity index (χ1n) is 4.80. The molecule has 0 radical (unpaired) electrons. The number of rotatable bonds is 2. The second-order valence-electron chi connectivity index (χ2n) is 2.96. The Hall–Kier alpha value is -1.47. The van der Waals surface area contributed by atoms with Crippen LogP contribution < -0.4 is 5.73 Å². The maximum Gasteiger partial charge on any atom is 0.340 e. The number of carbonyl (C=O) groups excluding carboxylic acids is 1. The molecule has 0 aliphatic rings. The fourth-order valence-corrected chi connectivity index (χ4v) is 1.30. The van der Waals surface area contributed by atoms with Crippen molar-refractivity contribution in [3.63, 3.8) is 0 Å². The molecule has 0 aliphatic heterocycles. The normalized spacial score (nSPS) is 9.12. The predicted octanol–water partition coefficient (Wildman–Crippen LogP) is 2.19. The minimum atomic E-state index is -0.414. The van der Waals surface area contributed by atoms with Crippen molar-refractivity contribution < 1.29 is 9.53 Å². The van der Waals surface area contributed by atoms with Crippen molar-refractivity contribution in [1.29, 1.82) is 0 Å². The number of esters is 1. The molecule has 0 spiro atoms. The van der Waals surface area contributed by atoms with Crippen LogP contribution in [0, 0.1) is 11.8 Å². The van der Waals surface area contributed by atoms with E-state index in [2.05, 4.69) is 27.8 Å². The first-order chi connectivity index (χ1) is 7.69. The van der Waals surface area contributed by atoms with E-state index >= 15 is 0 Å². The van der Waals surface area contributed by atoms with Crippen LogP contribution in [0.2, 0.25) is 0 Å². The third-order valence-electron chi connectivity index (χ3n) is 1.85. The molecule has 84 valence electrons. The number of alkyl halides is 1. The number of hydrogen-bond donors (Lipinski definition) is 1. The standard InChI is InChI=1S/C12H12BrNO2/c1-2-16-12(15)10-8-9(4-3-7-13)5-6-11(10)14/h5-6,8H,2,7,14H2,1H3. The molecule has 1 aromatic carbocycles. The highest BCUT2D eigenvalue weighted by molar-refractivity contribution is 9.09. The molecule has 0 aromatic heterocycles. The monoisotopic (exact) mass is 281 g/mol. The molecule has 0 amide bonds. The molecule has 0 unspecified atom stereocenters. The Morgan fingerprint density at radius 3 is 2.94 bits per heavy atom. The van der Waals surface area contributed by atoms with Gasteiger partial charge in [0.05, 0.1) is 17.5 Å². The maximum absolute atomic E-state index is 11.5. The third-order valence-corrected chi connectivity index (χ3v) is 2.13. The number of halogens is 1. The van der Waals surface area contributed by atoms with E-state index in [0.717, 1.165) is 5.56 Å². The average molecular weight is 282 g/mol. The molecule has 0 saturated heterocycles. The van der Waals surface area contributed by atoms with Crippen molar-refractivity contribution in [2.24, 2.45) is 0 Å². The van der Waals surface area contributed by atoms with E-state index in [0.29, 0.717) is 23.2 Å². The lowest BCUT2D eigenvalue weighted by Crippen LogP contribution is -2.08. The van der Waals surface area contributed by atoms with Crippen LogP contribution >= 0.6 is 15.9 Å². The summed E-state index contributed by atoms with van der Waals surface area (Å²) in [5, 5.41) is 0.589. The summed E-state index contributed by atoms with van der Waals surface area (Å²) in [7, 11) is 0. The smallest absolute Gasteiger partial charge is 0.340 e. The van der Waals surface area contributed by atoms with Crippen LogP contribution in [0.4, 0.5) is 5.69 Å². The molecule has 0 atom stereocenters. The zero-order chi connectivity index (χ0) is 12.0. The highest BCUT2D eigenvalue weighted by Crippen LogP contribution is 2.14. The molecular weight excluding hydrogens is 270 g/mol. The van der Waals surface area contributed by atoms with Crippen LogP contribution in [0.1, 0.15) is 22.8 Å². The summed E-state index contributed by atoms with van der Waals surface area (Å²) in [5.74, 6) is 5.34. The largest absolute Gasteiger partial charge is 0.462 e. The van der Waals surface area contributed by atoms with E-state index in [1.54, 1.807) is 25.1 Å². The van der Waals surface area contributed by atoms with Gasteiger partial charge in [-0.25, -0.2) is 4.79 Å². The Morgan fingerprint density at radius 2 is 2.31 bits per heavy atom. The minimum Gasteiger partial charge on any atom is -0.462 e. The topological polar surface area (TPSA) is 52.3 Å². The Labute approximate surface area is 103 Å². The number of nitrogens with two attached hydrogens (primary N) is 1. The van der Waals surface area contributed by atoms with Crippen molar-refractivity contribution in [3.05, 3.63) is 29.3 Å². The van der Waals surface area contributed by atoms with Gasteiger partial charge in [0.1, 0.15) is 0 Å². The molecule has 0 aliphatic carbocycles. The zero-order valence-electron chi connectivity index (χ0n) is 8.92. The highest BCUT2D eigenvalue weighted by atomic mass is 79.9. The first-order valence-corrected chi connectivity index (χ1v) is 5.92. The van der Waals surface area contributed by atoms with E-state index in [1.165, 1.54) is 0 Å². The Morgan fingerprint density at radius 1 is 1.56 bits per heavy atom. The summed E-state index contributed by atoms with van der Waals surface area (Å²) in [4.78, 5) is 11.5. The summed E-state index contributed by atoms with van der Waals surface area (Å²) in [6.45, 7) is 2.08. The average Bonchev–Trinajstić information content (AvgIpc) is 2.28. The number of hydrogen-bond acceptors (Lipinski definition) is 3. The number of nitrogen functional groups attached to an aromatic ring is 1. The highest BCUT2D eigenvalue weighted by Gasteiger charge is 2.10. The van der Waals surface area contributed by atoms with Gasteiger partial charge in [-0.15, -0.1) is 0 Å². The molecular formula is C12H12BrNO2. The summed E-state index contributed by atoms with van der Waals surface area (Å²) in [6, 6.07) is 5.07. The predicted molar refractivity (Wildman–Crippen MR) is 67.5 cm³/mol. The van der Waals surface area contributed by atoms with E-state index in [1.807, 2.05) is 0 Å². The van der Waals surface area contributed by atoms with E-state index in [9.17, 15) is 4.79 Å². The number of ether oxygens (including phenoxy) is 1. The van der Waals surface area contributed by atoms with Crippen LogP contribution in [-0.4, -0.2) is 17.9 Å². The van der Waals surface area contributed by atoms with E-state index < -0.39 is 5.97 Å². The zero-order valence-corrected chi connectivity index (χ0v) is 10.5. The quantitative estimate of drug-likeness (QED) is 0.391. The van der Waals surface area contributed by atoms with E-state index in [4.69, 9.17) is 10.5 Å². The second-order valence-corrected chi connectivity index (χ2v) is 3.52. The second kappa shape index (κ2) is 6.19. The summed E-state index contributed by atoms with van der Waals surface area (Å²) in [6.07, 6.45) is 0. The van der Waals surface area contributed by atoms with Gasteiger partial charge in [-0.05, 0) is 25.1 Å². The van der Waals surface area contributed by atoms with Crippen LogP contribution in [0.5, 0.6) is 0 Å². The number of anilines is 1. The van der Waals surface area contributed by atoms with E-state index in [-0.39, 0.29) is 0 Å². The molecule has 3 nitrogen and oxygen atoms in total. The summed E-state index contributed by atoms with van der Waals surface area (Å²) < 4.78 is 4.89.